The number of rotatable bonds is 9. The van der Waals surface area contributed by atoms with E-state index in [-0.39, 0.29) is 5.97 Å². The van der Waals surface area contributed by atoms with Gasteiger partial charge in [0.15, 0.2) is 0 Å². The van der Waals surface area contributed by atoms with Gasteiger partial charge in [0.05, 0.1) is 6.61 Å². The van der Waals surface area contributed by atoms with Crippen LogP contribution in [0.25, 0.3) is 0 Å². The van der Waals surface area contributed by atoms with E-state index in [4.69, 9.17) is 4.74 Å². The summed E-state index contributed by atoms with van der Waals surface area (Å²) in [6.45, 7) is 4.16. The van der Waals surface area contributed by atoms with Crippen molar-refractivity contribution in [1.82, 2.24) is 0 Å². The summed E-state index contributed by atoms with van der Waals surface area (Å²) < 4.78 is 4.75. The average molecular weight is 296 g/mol. The third-order valence-electron chi connectivity index (χ3n) is 2.16. The van der Waals surface area contributed by atoms with Crippen LogP contribution in [0.2, 0.25) is 0 Å². The molecule has 0 unspecified atom stereocenters. The van der Waals surface area contributed by atoms with E-state index in [1.54, 1.807) is 19.1 Å². The molecule has 22 heavy (non-hydrogen) atoms. The topological polar surface area (TPSA) is 26.3 Å². The minimum atomic E-state index is -0.324. The average Bonchev–Trinajstić information content (AvgIpc) is 2.51. The third-order valence-corrected chi connectivity index (χ3v) is 2.16. The second kappa shape index (κ2) is 16.4. The Balaban J connectivity index is 3.90. The van der Waals surface area contributed by atoms with Crippen molar-refractivity contribution in [1.29, 1.82) is 0 Å². The van der Waals surface area contributed by atoms with Crippen molar-refractivity contribution in [3.8, 4) is 0 Å². The Morgan fingerprint density at radius 3 is 1.41 bits per heavy atom. The fraction of sp³-hybridized carbons (Fsp3) is 0.150. The minimum absolute atomic E-state index is 0.324. The van der Waals surface area contributed by atoms with Gasteiger partial charge in [-0.3, -0.25) is 0 Å². The molecule has 116 valence electrons. The van der Waals surface area contributed by atoms with Gasteiger partial charge in [-0.15, -0.1) is 0 Å². The van der Waals surface area contributed by atoms with E-state index in [0.717, 1.165) is 0 Å². The van der Waals surface area contributed by atoms with Crippen LogP contribution in [0.1, 0.15) is 13.8 Å². The molecule has 0 aromatic rings. The van der Waals surface area contributed by atoms with E-state index in [9.17, 15) is 4.79 Å². The number of esters is 1. The molecule has 0 aromatic carbocycles. The molecule has 0 aromatic heterocycles. The molecule has 0 aliphatic rings. The van der Waals surface area contributed by atoms with Crippen LogP contribution in [0.5, 0.6) is 0 Å². The Bertz CT molecular complexity index is 510. The Labute approximate surface area is 133 Å². The van der Waals surface area contributed by atoms with Crippen LogP contribution in [-0.4, -0.2) is 12.6 Å². The Kier molecular flexibility index (Phi) is 14.5. The zero-order valence-electron chi connectivity index (χ0n) is 13.3. The van der Waals surface area contributed by atoms with Gasteiger partial charge in [-0.05, 0) is 13.8 Å². The van der Waals surface area contributed by atoms with Gasteiger partial charge in [0.2, 0.25) is 0 Å². The molecule has 0 rings (SSSR count). The number of hydrogen-bond acceptors (Lipinski definition) is 2. The molecule has 0 N–H and O–H groups in total. The normalized spacial score (nSPS) is 13.7. The fourth-order valence-electron chi connectivity index (χ4n) is 1.21. The van der Waals surface area contributed by atoms with Gasteiger partial charge in [-0.2, -0.15) is 0 Å². The van der Waals surface area contributed by atoms with E-state index >= 15 is 0 Å². The van der Waals surface area contributed by atoms with Crippen molar-refractivity contribution < 1.29 is 9.53 Å². The van der Waals surface area contributed by atoms with Crippen molar-refractivity contribution in [3.05, 3.63) is 97.2 Å². The van der Waals surface area contributed by atoms with Gasteiger partial charge in [0, 0.05) is 6.08 Å². The van der Waals surface area contributed by atoms with Crippen molar-refractivity contribution in [3.63, 3.8) is 0 Å². The molecule has 0 heterocycles. The molecular weight excluding hydrogens is 272 g/mol. The Hall–Kier alpha value is -2.61. The molecule has 0 atom stereocenters. The first kappa shape index (κ1) is 19.4. The van der Waals surface area contributed by atoms with E-state index in [1.165, 1.54) is 6.08 Å². The van der Waals surface area contributed by atoms with Gasteiger partial charge in [-0.25, -0.2) is 4.79 Å². The molecule has 0 spiro atoms. The molecule has 0 bridgehead atoms. The standard InChI is InChI=1S/C20H24O2/c1-3-5-6-7-8-9-10-11-12-13-14-15-16-17-18-19-20(21)22-4-2/h3,5-19H,4H2,1-2H3/b5-3-,7-6-,9-8-,11-10-,13-12-,15-14-,17-16-,19-18-. The summed E-state index contributed by atoms with van der Waals surface area (Å²) in [5, 5.41) is 0. The molecule has 0 amide bonds. The molecule has 0 fully saturated rings. The van der Waals surface area contributed by atoms with Crippen LogP contribution in [0, 0.1) is 0 Å². The highest BCUT2D eigenvalue weighted by Gasteiger charge is 1.89. The van der Waals surface area contributed by atoms with E-state index in [0.29, 0.717) is 6.61 Å². The summed E-state index contributed by atoms with van der Waals surface area (Å²) in [6, 6.07) is 0. The van der Waals surface area contributed by atoms with Crippen molar-refractivity contribution >= 4 is 5.97 Å². The summed E-state index contributed by atoms with van der Waals surface area (Å²) in [6.07, 6.45) is 30.1. The second-order valence-electron chi connectivity index (χ2n) is 3.95. The van der Waals surface area contributed by atoms with Crippen LogP contribution in [0.3, 0.4) is 0 Å². The lowest BCUT2D eigenvalue weighted by Crippen LogP contribution is -1.98. The zero-order chi connectivity index (χ0) is 16.3. The lowest BCUT2D eigenvalue weighted by atomic mass is 10.3. The number of ether oxygens (including phenoxy) is 1. The maximum atomic E-state index is 11.0. The van der Waals surface area contributed by atoms with Gasteiger partial charge in [0.25, 0.3) is 0 Å². The van der Waals surface area contributed by atoms with Crippen LogP contribution in [-0.2, 0) is 9.53 Å². The van der Waals surface area contributed by atoms with Crippen molar-refractivity contribution in [2.45, 2.75) is 13.8 Å². The first-order valence-corrected chi connectivity index (χ1v) is 7.27. The highest BCUT2D eigenvalue weighted by Crippen LogP contribution is 1.87. The first-order chi connectivity index (χ1) is 10.8. The lowest BCUT2D eigenvalue weighted by Gasteiger charge is -1.92. The predicted molar refractivity (Wildman–Crippen MR) is 95.4 cm³/mol. The molecule has 2 heteroatoms. The molecule has 0 saturated carbocycles. The third kappa shape index (κ3) is 15.4. The monoisotopic (exact) mass is 296 g/mol. The molecule has 0 radical (unpaired) electrons. The summed E-state index contributed by atoms with van der Waals surface area (Å²) in [4.78, 5) is 11.0. The molecule has 0 saturated heterocycles. The van der Waals surface area contributed by atoms with E-state index in [1.807, 2.05) is 85.9 Å². The molecule has 0 aliphatic heterocycles. The summed E-state index contributed by atoms with van der Waals surface area (Å²) in [5.74, 6) is -0.324. The number of carbonyl (C=O) groups excluding carboxylic acids is 1. The second-order valence-corrected chi connectivity index (χ2v) is 3.95. The van der Waals surface area contributed by atoms with Gasteiger partial charge in [-0.1, -0.05) is 91.1 Å². The number of allylic oxidation sites excluding steroid dienone is 15. The summed E-state index contributed by atoms with van der Waals surface area (Å²) >= 11 is 0. The maximum absolute atomic E-state index is 11.0. The first-order valence-electron chi connectivity index (χ1n) is 7.27. The summed E-state index contributed by atoms with van der Waals surface area (Å²) in [5.41, 5.74) is 0. The minimum Gasteiger partial charge on any atom is -0.463 e. The van der Waals surface area contributed by atoms with Gasteiger partial charge in [0.1, 0.15) is 0 Å². The summed E-state index contributed by atoms with van der Waals surface area (Å²) in [7, 11) is 0. The fourth-order valence-corrected chi connectivity index (χ4v) is 1.21. The highest BCUT2D eigenvalue weighted by molar-refractivity contribution is 5.82. The number of hydrogen-bond donors (Lipinski definition) is 0. The van der Waals surface area contributed by atoms with Crippen molar-refractivity contribution in [2.75, 3.05) is 6.61 Å². The highest BCUT2D eigenvalue weighted by atomic mass is 16.5. The van der Waals surface area contributed by atoms with Crippen molar-refractivity contribution in [2.24, 2.45) is 0 Å². The maximum Gasteiger partial charge on any atom is 0.330 e. The van der Waals surface area contributed by atoms with E-state index < -0.39 is 0 Å². The van der Waals surface area contributed by atoms with Gasteiger partial charge < -0.3 is 4.74 Å². The molecular formula is C20H24O2. The lowest BCUT2D eigenvalue weighted by molar-refractivity contribution is -0.137. The van der Waals surface area contributed by atoms with Crippen LogP contribution < -0.4 is 0 Å². The molecule has 2 nitrogen and oxygen atoms in total. The Morgan fingerprint density at radius 1 is 0.682 bits per heavy atom. The quantitative estimate of drug-likeness (QED) is 0.339. The Morgan fingerprint density at radius 2 is 1.05 bits per heavy atom. The molecule has 0 aliphatic carbocycles. The van der Waals surface area contributed by atoms with Crippen LogP contribution >= 0.6 is 0 Å². The van der Waals surface area contributed by atoms with Crippen LogP contribution in [0.15, 0.2) is 97.2 Å². The largest absolute Gasteiger partial charge is 0.463 e. The smallest absolute Gasteiger partial charge is 0.330 e. The van der Waals surface area contributed by atoms with Crippen LogP contribution in [0.4, 0.5) is 0 Å². The number of carbonyl (C=O) groups is 1. The predicted octanol–water partition coefficient (Wildman–Crippen LogP) is 5.02. The zero-order valence-corrected chi connectivity index (χ0v) is 13.3. The SMILES string of the molecule is C\C=C/C=C\C=C/C=C\C=C/C=C\C=C/C=C\C(=O)OCC. The van der Waals surface area contributed by atoms with Gasteiger partial charge >= 0.3 is 5.97 Å². The van der Waals surface area contributed by atoms with E-state index in [2.05, 4.69) is 0 Å².